The molecule has 1 aliphatic carbocycles. The Kier molecular flexibility index (Phi) is 7.23. The molecule has 43 heavy (non-hydrogen) atoms. The monoisotopic (exact) mass is 576 g/mol. The maximum absolute atomic E-state index is 12.3. The summed E-state index contributed by atoms with van der Waals surface area (Å²) in [5, 5.41) is 15.1. The predicted molar refractivity (Wildman–Crippen MR) is 173 cm³/mol. The maximum Gasteiger partial charge on any atom is 0.305 e. The third kappa shape index (κ3) is 4.39. The van der Waals surface area contributed by atoms with Crippen molar-refractivity contribution in [1.29, 1.82) is 0 Å². The third-order valence-electron chi connectivity index (χ3n) is 9.80. The van der Waals surface area contributed by atoms with Crippen LogP contribution < -0.4 is 5.32 Å². The first-order valence-electron chi connectivity index (χ1n) is 15.3. The molecule has 1 fully saturated rings. The van der Waals surface area contributed by atoms with Gasteiger partial charge in [-0.1, -0.05) is 33.4 Å². The minimum atomic E-state index is -0.235. The summed E-state index contributed by atoms with van der Waals surface area (Å²) < 4.78 is 5.01. The van der Waals surface area contributed by atoms with Gasteiger partial charge in [0, 0.05) is 52.8 Å². The standard InChI is InChI=1S/C36H40N4O3/c1-9-21-17(4)26-15-29-22(10-2)18(5)33(39-29)23(11-3)34-19(6)24(12-13-31(42)43-8)35(40-34)25-14-30(41)32-20(7)27(38-36(25)32)16-28(21)37-26/h11,15-16,19,24,40-41H,3,9-10,12-14H2,1-2,4-8H3/t19-,24-/m0/s1. The molecule has 5 aliphatic heterocycles. The number of aliphatic hydroxyl groups excluding tert-OH is 1. The summed E-state index contributed by atoms with van der Waals surface area (Å²) in [6.45, 7) is 17.0. The van der Waals surface area contributed by atoms with Crippen molar-refractivity contribution < 1.29 is 14.6 Å². The molecular formula is C36H40N4O3. The molecule has 7 nitrogen and oxygen atoms in total. The van der Waals surface area contributed by atoms with Gasteiger partial charge in [-0.3, -0.25) is 4.79 Å². The zero-order valence-corrected chi connectivity index (χ0v) is 26.2. The number of esters is 1. The van der Waals surface area contributed by atoms with E-state index >= 15 is 0 Å². The van der Waals surface area contributed by atoms with Gasteiger partial charge in [-0.2, -0.15) is 0 Å². The van der Waals surface area contributed by atoms with Crippen LogP contribution in [0, 0.1) is 11.8 Å². The number of carbonyl (C=O) groups is 1. The van der Waals surface area contributed by atoms with E-state index in [9.17, 15) is 9.90 Å². The Morgan fingerprint density at radius 1 is 1.02 bits per heavy atom. The van der Waals surface area contributed by atoms with Crippen molar-refractivity contribution in [3.05, 3.63) is 104 Å². The summed E-state index contributed by atoms with van der Waals surface area (Å²) >= 11 is 0. The second kappa shape index (κ2) is 10.8. The van der Waals surface area contributed by atoms with E-state index in [-0.39, 0.29) is 17.8 Å². The molecule has 0 radical (unpaired) electrons. The lowest BCUT2D eigenvalue weighted by atomic mass is 9.84. The van der Waals surface area contributed by atoms with Crippen LogP contribution in [-0.4, -0.2) is 35.3 Å². The number of nitrogens with one attached hydrogen (secondary N) is 1. The SMILES string of the molecule is C=CC1=C2NC(=C3CC(O)=C4C3=NC(=C4C)C=C3N=C(C=C4N=C1C(C)=C4CC)C(C)=C3CC)[C@@H](CCC(=O)OC)[C@@H]2C. The minimum absolute atomic E-state index is 0.00177. The van der Waals surface area contributed by atoms with Crippen LogP contribution in [0.2, 0.25) is 0 Å². The Morgan fingerprint density at radius 3 is 2.40 bits per heavy atom. The molecule has 8 bridgehead atoms. The average molecular weight is 577 g/mol. The van der Waals surface area contributed by atoms with Gasteiger partial charge in [-0.05, 0) is 80.1 Å². The number of fused-ring (bicyclic) bond motifs is 5. The molecule has 5 heterocycles. The lowest BCUT2D eigenvalue weighted by Gasteiger charge is -2.17. The van der Waals surface area contributed by atoms with Crippen molar-refractivity contribution >= 4 is 23.1 Å². The van der Waals surface area contributed by atoms with Crippen LogP contribution in [0.15, 0.2) is 119 Å². The van der Waals surface area contributed by atoms with Crippen LogP contribution in [0.1, 0.15) is 73.6 Å². The summed E-state index contributed by atoms with van der Waals surface area (Å²) in [5.74, 6) is 0.138. The summed E-state index contributed by atoms with van der Waals surface area (Å²) in [5.41, 5.74) is 15.7. The average Bonchev–Trinajstić information content (AvgIpc) is 3.74. The topological polar surface area (TPSA) is 95.6 Å². The highest BCUT2D eigenvalue weighted by molar-refractivity contribution is 6.21. The number of aliphatic imine (C=N–C) groups is 3. The fraction of sp³-hybridized carbons (Fsp3) is 0.389. The number of allylic oxidation sites excluding steroid dienone is 13. The lowest BCUT2D eigenvalue weighted by molar-refractivity contribution is -0.140. The molecule has 2 N–H and O–H groups in total. The van der Waals surface area contributed by atoms with E-state index in [1.165, 1.54) is 18.3 Å². The second-order valence-electron chi connectivity index (χ2n) is 12.0. The molecule has 0 aromatic carbocycles. The predicted octanol–water partition coefficient (Wildman–Crippen LogP) is 7.58. The summed E-state index contributed by atoms with van der Waals surface area (Å²) in [6.07, 6.45) is 9.07. The Morgan fingerprint density at radius 2 is 1.72 bits per heavy atom. The number of methoxy groups -OCH3 is 1. The highest BCUT2D eigenvalue weighted by Gasteiger charge is 2.42. The molecule has 7 heteroatoms. The molecular weight excluding hydrogens is 536 g/mol. The van der Waals surface area contributed by atoms with Crippen molar-refractivity contribution in [3.63, 3.8) is 0 Å². The third-order valence-corrected chi connectivity index (χ3v) is 9.80. The molecule has 0 saturated carbocycles. The van der Waals surface area contributed by atoms with Crippen LogP contribution in [0.4, 0.5) is 0 Å². The minimum Gasteiger partial charge on any atom is -0.511 e. The van der Waals surface area contributed by atoms with Crippen LogP contribution in [0.5, 0.6) is 0 Å². The Balaban J connectivity index is 1.65. The zero-order chi connectivity index (χ0) is 30.7. The Bertz CT molecular complexity index is 1740. The molecule has 0 aromatic rings. The van der Waals surface area contributed by atoms with Crippen molar-refractivity contribution in [2.24, 2.45) is 26.8 Å². The number of hydrogen-bond acceptors (Lipinski definition) is 7. The molecule has 6 aliphatic rings. The van der Waals surface area contributed by atoms with Crippen LogP contribution in [0.25, 0.3) is 0 Å². The fourth-order valence-corrected chi connectivity index (χ4v) is 7.39. The number of hydrogen-bond donors (Lipinski definition) is 2. The molecule has 2 atom stereocenters. The largest absolute Gasteiger partial charge is 0.511 e. The normalized spacial score (nSPS) is 24.6. The van der Waals surface area contributed by atoms with Gasteiger partial charge in [0.05, 0.1) is 41.3 Å². The van der Waals surface area contributed by atoms with Gasteiger partial charge in [0.1, 0.15) is 5.76 Å². The number of aliphatic hydroxyl groups is 1. The van der Waals surface area contributed by atoms with Gasteiger partial charge >= 0.3 is 5.97 Å². The quantitative estimate of drug-likeness (QED) is 0.319. The second-order valence-corrected chi connectivity index (χ2v) is 12.0. The first-order valence-corrected chi connectivity index (χ1v) is 15.3. The first-order chi connectivity index (χ1) is 20.6. The zero-order valence-electron chi connectivity index (χ0n) is 26.2. The van der Waals surface area contributed by atoms with E-state index in [0.717, 1.165) is 91.9 Å². The lowest BCUT2D eigenvalue weighted by Crippen LogP contribution is -2.16. The molecule has 0 aromatic heterocycles. The maximum atomic E-state index is 12.3. The smallest absolute Gasteiger partial charge is 0.305 e. The van der Waals surface area contributed by atoms with E-state index in [0.29, 0.717) is 25.0 Å². The molecule has 0 spiro atoms. The fourth-order valence-electron chi connectivity index (χ4n) is 7.39. The summed E-state index contributed by atoms with van der Waals surface area (Å²) in [7, 11) is 1.43. The van der Waals surface area contributed by atoms with Crippen molar-refractivity contribution in [2.75, 3.05) is 7.11 Å². The van der Waals surface area contributed by atoms with E-state index in [4.69, 9.17) is 19.7 Å². The van der Waals surface area contributed by atoms with E-state index in [1.54, 1.807) is 0 Å². The van der Waals surface area contributed by atoms with Gasteiger partial charge in [-0.15, -0.1) is 0 Å². The highest BCUT2D eigenvalue weighted by atomic mass is 16.5. The summed E-state index contributed by atoms with van der Waals surface area (Å²) in [6, 6.07) is 0. The number of ether oxygens (including phenoxy) is 1. The van der Waals surface area contributed by atoms with E-state index < -0.39 is 0 Å². The number of rotatable bonds is 6. The summed E-state index contributed by atoms with van der Waals surface area (Å²) in [4.78, 5) is 27.7. The molecule has 1 saturated heterocycles. The highest BCUT2D eigenvalue weighted by Crippen LogP contribution is 2.47. The van der Waals surface area contributed by atoms with Gasteiger partial charge < -0.3 is 15.2 Å². The van der Waals surface area contributed by atoms with Crippen LogP contribution in [0.3, 0.4) is 0 Å². The van der Waals surface area contributed by atoms with Crippen molar-refractivity contribution in [2.45, 2.75) is 73.6 Å². The van der Waals surface area contributed by atoms with E-state index in [1.807, 2.05) is 13.0 Å². The Hall–Kier alpha value is -4.26. The number of carbonyl (C=O) groups excluding carboxylic acids is 1. The van der Waals surface area contributed by atoms with E-state index in [2.05, 4.69) is 58.7 Å². The molecule has 222 valence electrons. The first kappa shape index (κ1) is 28.8. The Labute approximate surface area is 254 Å². The van der Waals surface area contributed by atoms with Crippen LogP contribution in [-0.2, 0) is 9.53 Å². The van der Waals surface area contributed by atoms with Crippen molar-refractivity contribution in [1.82, 2.24) is 5.32 Å². The van der Waals surface area contributed by atoms with Gasteiger partial charge in [0.25, 0.3) is 0 Å². The number of nitrogens with zero attached hydrogens (tertiary/aromatic N) is 3. The van der Waals surface area contributed by atoms with Crippen molar-refractivity contribution in [3.8, 4) is 0 Å². The van der Waals surface area contributed by atoms with Crippen LogP contribution >= 0.6 is 0 Å². The van der Waals surface area contributed by atoms with Gasteiger partial charge in [-0.25, -0.2) is 15.0 Å². The molecule has 0 unspecified atom stereocenters. The molecule has 6 rings (SSSR count). The van der Waals surface area contributed by atoms with Gasteiger partial charge in [0.15, 0.2) is 0 Å². The van der Waals surface area contributed by atoms with Gasteiger partial charge in [0.2, 0.25) is 0 Å². The molecule has 0 amide bonds.